The van der Waals surface area contributed by atoms with Crippen LogP contribution >= 0.6 is 186 Å². The number of hydrogen-bond donors (Lipinski definition) is 0. The first kappa shape index (κ1) is 85.4. The number of carbonyl (C=O) groups excluding carboxylic acids is 12. The smallest absolute Gasteiger partial charge is 0.548 e. The minimum absolute atomic E-state index is 0. The number of carbonyl (C=O) groups is 12. The molecule has 0 saturated carbocycles. The molecular weight excluding hydrogens is 1760 g/mol. The van der Waals surface area contributed by atoms with Gasteiger partial charge in [-0.15, -0.1) is 0 Å². The molecule has 20 nitrogen and oxygen atoms in total. The average molecular weight is 1800 g/mol. The van der Waals surface area contributed by atoms with Gasteiger partial charge in [0.25, 0.3) is 47.3 Å². The van der Waals surface area contributed by atoms with Gasteiger partial charge in [-0.05, 0) is 21.7 Å². The molecule has 4 aliphatic rings. The molecule has 2 radical (unpaired) electrons. The molecule has 0 N–H and O–H groups in total. The maximum atomic E-state index is 12.6. The number of carboxylic acids is 4. The van der Waals surface area contributed by atoms with E-state index in [2.05, 4.69) is 0 Å². The molecule has 0 bridgehead atoms. The van der Waals surface area contributed by atoms with E-state index in [1.165, 1.54) is 0 Å². The summed E-state index contributed by atoms with van der Waals surface area (Å²) in [4.78, 5) is 149. The van der Waals surface area contributed by atoms with Crippen LogP contribution in [-0.4, -0.2) is 115 Å². The molecular formula is C56H40Cl16N4O16Rh2. The molecule has 0 aromatic heterocycles. The van der Waals surface area contributed by atoms with Crippen LogP contribution in [0.25, 0.3) is 0 Å². The normalized spacial score (nSPS) is 15.5. The summed E-state index contributed by atoms with van der Waals surface area (Å²) in [5.41, 5.74) is -5.96. The van der Waals surface area contributed by atoms with E-state index in [0.29, 0.717) is 19.6 Å². The largest absolute Gasteiger partial charge is 2.00 e. The van der Waals surface area contributed by atoms with Crippen molar-refractivity contribution in [2.45, 2.75) is 107 Å². The summed E-state index contributed by atoms with van der Waals surface area (Å²) in [6.07, 6.45) is 0. The number of carboxylic acid groups (broad SMARTS) is 4. The second-order valence-corrected chi connectivity index (χ2v) is 30.3. The molecule has 4 aliphatic heterocycles. The molecule has 4 aromatic carbocycles. The van der Waals surface area contributed by atoms with E-state index < -0.39 is 117 Å². The van der Waals surface area contributed by atoms with Gasteiger partial charge in [-0.3, -0.25) is 58.0 Å². The number of hydrogen-bond acceptors (Lipinski definition) is 16. The van der Waals surface area contributed by atoms with Gasteiger partial charge in [-0.1, -0.05) is 269 Å². The van der Waals surface area contributed by atoms with Crippen molar-refractivity contribution < 1.29 is 117 Å². The minimum atomic E-state index is -1.57. The summed E-state index contributed by atoms with van der Waals surface area (Å²) in [7, 11) is 0. The number of imide groups is 4. The van der Waals surface area contributed by atoms with Crippen LogP contribution in [0.1, 0.15) is 166 Å². The summed E-state index contributed by atoms with van der Waals surface area (Å²) < 4.78 is 0. The van der Waals surface area contributed by atoms with Gasteiger partial charge in [-0.2, -0.15) is 0 Å². The van der Waals surface area contributed by atoms with Gasteiger partial charge in [0.1, 0.15) is 0 Å². The zero-order valence-corrected chi connectivity index (χ0v) is 64.7. The van der Waals surface area contributed by atoms with Gasteiger partial charge in [0.2, 0.25) is 0 Å². The Bertz CT molecular complexity index is 3350. The van der Waals surface area contributed by atoms with Crippen molar-refractivity contribution in [1.82, 2.24) is 19.6 Å². The molecule has 0 saturated heterocycles. The van der Waals surface area contributed by atoms with E-state index in [4.69, 9.17) is 186 Å². The quantitative estimate of drug-likeness (QED) is 0.0685. The first-order valence-corrected chi connectivity index (χ1v) is 31.5. The van der Waals surface area contributed by atoms with Crippen molar-refractivity contribution in [3.05, 3.63) is 125 Å². The van der Waals surface area contributed by atoms with Crippen molar-refractivity contribution in [3.8, 4) is 0 Å². The topological polar surface area (TPSA) is 310 Å². The van der Waals surface area contributed by atoms with Crippen LogP contribution in [0.4, 0.5) is 0 Å². The summed E-state index contributed by atoms with van der Waals surface area (Å²) in [6, 6.07) is -6.06. The molecule has 4 aromatic rings. The SMILES string of the molecule is CC(C)(C)C(C(=O)[O-])N1C(=O)c2c(Cl)c(Cl)c(Cl)c(Cl)c2C1=O.CC(C)(C)C(C(=O)[O-])N1C(=O)c2c(Cl)c(Cl)c(Cl)c(Cl)c2C1=O.CC(C)(C)C(C(=O)[O-])N1C(=O)c2c(Cl)c(Cl)c(Cl)c(Cl)c2C1=O.CC(C)(C)C(C(=O)[O-])N1C(=O)c2c(Cl)c(Cl)c(Cl)c(Cl)c2C1=O.[Rh+2].[Rh+2]. The van der Waals surface area contributed by atoms with Crippen LogP contribution in [0.5, 0.6) is 0 Å². The summed E-state index contributed by atoms with van der Waals surface area (Å²) >= 11 is 95.2. The van der Waals surface area contributed by atoms with Crippen molar-refractivity contribution in [2.24, 2.45) is 21.7 Å². The zero-order chi connectivity index (χ0) is 71.4. The molecule has 4 atom stereocenters. The van der Waals surface area contributed by atoms with Gasteiger partial charge in [-0.25, -0.2) is 0 Å². The first-order valence-electron chi connectivity index (χ1n) is 25.4. The Morgan fingerprint density at radius 2 is 0.319 bits per heavy atom. The second kappa shape index (κ2) is 30.6. The Morgan fingerprint density at radius 1 is 0.234 bits per heavy atom. The standard InChI is InChI=1S/4C14H11Cl4NO4.2Rh/c4*1-14(2,3)10(13(22)23)19-11(20)4-5(12(19)21)7(16)9(18)8(17)6(4)15;;/h4*10H,1-3H3,(H,22,23);;/q;;;;2*+2/p-4. The van der Waals surface area contributed by atoms with Crippen LogP contribution in [0.15, 0.2) is 0 Å². The van der Waals surface area contributed by atoms with Crippen LogP contribution in [0.3, 0.4) is 0 Å². The molecule has 94 heavy (non-hydrogen) atoms. The maximum Gasteiger partial charge on any atom is 2.00 e. The van der Waals surface area contributed by atoms with E-state index in [-0.39, 0.29) is 164 Å². The number of fused-ring (bicyclic) bond motifs is 4. The average Bonchev–Trinajstić information content (AvgIpc) is 1.61. The minimum Gasteiger partial charge on any atom is -0.548 e. The van der Waals surface area contributed by atoms with E-state index in [0.717, 1.165) is 0 Å². The number of aliphatic carboxylic acids is 4. The van der Waals surface area contributed by atoms with Gasteiger partial charge in [0.15, 0.2) is 0 Å². The molecule has 8 rings (SSSR count). The summed E-state index contributed by atoms with van der Waals surface area (Å²) in [5, 5.41) is 42.6. The molecule has 0 aliphatic carbocycles. The fraction of sp³-hybridized carbons (Fsp3) is 0.357. The van der Waals surface area contributed by atoms with Crippen molar-refractivity contribution in [2.75, 3.05) is 0 Å². The van der Waals surface area contributed by atoms with Crippen LogP contribution < -0.4 is 20.4 Å². The number of halogens is 16. The van der Waals surface area contributed by atoms with Gasteiger partial charge in [0, 0.05) is 0 Å². The summed E-state index contributed by atoms with van der Waals surface area (Å²) in [6.45, 7) is 18.7. The Morgan fingerprint density at radius 3 is 0.383 bits per heavy atom. The number of rotatable bonds is 8. The van der Waals surface area contributed by atoms with Crippen molar-refractivity contribution in [3.63, 3.8) is 0 Å². The van der Waals surface area contributed by atoms with E-state index >= 15 is 0 Å². The van der Waals surface area contributed by atoms with Gasteiger partial charge < -0.3 is 39.6 Å². The molecule has 0 fully saturated rings. The second-order valence-electron chi connectivity index (χ2n) is 24.3. The third-order valence-electron chi connectivity index (χ3n) is 13.7. The van der Waals surface area contributed by atoms with Gasteiger partial charge >= 0.3 is 39.0 Å². The maximum absolute atomic E-state index is 12.6. The Balaban J connectivity index is 0.000000325. The molecule has 510 valence electrons. The third-order valence-corrected chi connectivity index (χ3v) is 20.9. The van der Waals surface area contributed by atoms with Crippen LogP contribution in [-0.2, 0) is 58.1 Å². The summed E-state index contributed by atoms with van der Waals surface area (Å²) in [5.74, 6) is -13.5. The fourth-order valence-electron chi connectivity index (χ4n) is 9.79. The zero-order valence-electron chi connectivity index (χ0n) is 49.3. The Labute approximate surface area is 640 Å². The molecule has 4 unspecified atom stereocenters. The Kier molecular flexibility index (Phi) is 27.8. The van der Waals surface area contributed by atoms with Crippen LogP contribution in [0.2, 0.25) is 80.4 Å². The number of nitrogens with zero attached hydrogens (tertiary/aromatic N) is 4. The van der Waals surface area contributed by atoms with Crippen molar-refractivity contribution >= 4 is 257 Å². The Hall–Kier alpha value is -2.79. The number of amides is 8. The molecule has 4 heterocycles. The van der Waals surface area contributed by atoms with E-state index in [9.17, 15) is 78.0 Å². The predicted octanol–water partition coefficient (Wildman–Crippen LogP) is 12.2. The first-order chi connectivity index (χ1) is 41.6. The number of benzene rings is 4. The molecule has 0 spiro atoms. The predicted molar refractivity (Wildman–Crippen MR) is 341 cm³/mol. The van der Waals surface area contributed by atoms with E-state index in [1.54, 1.807) is 83.1 Å². The molecule has 38 heteroatoms. The monoisotopic (exact) mass is 1790 g/mol. The fourth-order valence-corrected chi connectivity index (χ4v) is 13.8. The van der Waals surface area contributed by atoms with Crippen LogP contribution in [0, 0.1) is 21.7 Å². The third kappa shape index (κ3) is 15.3. The molecule has 8 amide bonds. The van der Waals surface area contributed by atoms with Gasteiger partial charge in [0.05, 0.1) is 173 Å². The van der Waals surface area contributed by atoms with Crippen molar-refractivity contribution in [1.29, 1.82) is 0 Å². The van der Waals surface area contributed by atoms with E-state index in [1.807, 2.05) is 0 Å².